The van der Waals surface area contributed by atoms with Gasteiger partial charge in [-0.05, 0) is 38.6 Å². The number of piperidine rings is 1. The van der Waals surface area contributed by atoms with Crippen LogP contribution >= 0.6 is 0 Å². The van der Waals surface area contributed by atoms with E-state index < -0.39 is 12.8 Å². The van der Waals surface area contributed by atoms with E-state index in [1.807, 2.05) is 0 Å². The molecular weight excluding hydrogens is 269 g/mol. The number of fused-ring (bicyclic) bond motifs is 2. The van der Waals surface area contributed by atoms with Gasteiger partial charge in [-0.25, -0.2) is 0 Å². The van der Waals surface area contributed by atoms with Gasteiger partial charge >= 0.3 is 6.18 Å². The molecule has 2 bridgehead atoms. The van der Waals surface area contributed by atoms with E-state index in [0.29, 0.717) is 24.7 Å². The van der Waals surface area contributed by atoms with Gasteiger partial charge in [-0.3, -0.25) is 4.90 Å². The summed E-state index contributed by atoms with van der Waals surface area (Å²) in [6.45, 7) is 2.69. The first-order valence-corrected chi connectivity index (χ1v) is 7.62. The Morgan fingerprint density at radius 1 is 1.15 bits per heavy atom. The van der Waals surface area contributed by atoms with Crippen LogP contribution in [0.15, 0.2) is 0 Å². The summed E-state index contributed by atoms with van der Waals surface area (Å²) < 4.78 is 40.9. The summed E-state index contributed by atoms with van der Waals surface area (Å²) in [6, 6.07) is 1.71. The molecule has 2 aliphatic rings. The molecule has 0 aromatic carbocycles. The number of nitrogens with zero attached hydrogens (tertiary/aromatic N) is 1. The Balaban J connectivity index is 1.75. The predicted molar refractivity (Wildman–Crippen MR) is 71.7 cm³/mol. The third-order valence-electron chi connectivity index (χ3n) is 4.26. The number of halogens is 3. The highest BCUT2D eigenvalue weighted by Crippen LogP contribution is 2.29. The molecule has 2 heterocycles. The average molecular weight is 294 g/mol. The van der Waals surface area contributed by atoms with Crippen molar-refractivity contribution in [3.05, 3.63) is 0 Å². The van der Waals surface area contributed by atoms with Crippen molar-refractivity contribution in [3.63, 3.8) is 0 Å². The lowest BCUT2D eigenvalue weighted by molar-refractivity contribution is -0.175. The maximum Gasteiger partial charge on any atom is 0.411 e. The van der Waals surface area contributed by atoms with Crippen molar-refractivity contribution in [2.75, 3.05) is 26.3 Å². The highest BCUT2D eigenvalue weighted by Gasteiger charge is 2.35. The lowest BCUT2D eigenvalue weighted by atomic mass is 9.98. The number of hydrogen-bond acceptors (Lipinski definition) is 3. The van der Waals surface area contributed by atoms with E-state index in [4.69, 9.17) is 4.74 Å². The van der Waals surface area contributed by atoms with Crippen molar-refractivity contribution in [1.82, 2.24) is 10.2 Å². The standard InChI is InChI=1S/C14H25F3N2O/c1-2-5-19(6-7-20-10-14(15,16)17)13-8-11-3-4-12(9-13)18-11/h11-13,18H,2-10H2,1H3. The number of rotatable bonds is 7. The maximum atomic E-state index is 12.0. The molecule has 0 aliphatic carbocycles. The molecule has 0 saturated carbocycles. The molecule has 0 aromatic heterocycles. The van der Waals surface area contributed by atoms with Crippen molar-refractivity contribution in [3.8, 4) is 0 Å². The average Bonchev–Trinajstić information content (AvgIpc) is 2.71. The van der Waals surface area contributed by atoms with Crippen LogP contribution in [-0.4, -0.2) is 55.5 Å². The quantitative estimate of drug-likeness (QED) is 0.730. The fraction of sp³-hybridized carbons (Fsp3) is 1.00. The van der Waals surface area contributed by atoms with E-state index in [1.54, 1.807) is 0 Å². The van der Waals surface area contributed by atoms with Crippen LogP contribution in [0.2, 0.25) is 0 Å². The van der Waals surface area contributed by atoms with Gasteiger partial charge in [0.2, 0.25) is 0 Å². The van der Waals surface area contributed by atoms with Crippen molar-refractivity contribution >= 4 is 0 Å². The molecule has 2 fully saturated rings. The van der Waals surface area contributed by atoms with Gasteiger partial charge in [0.05, 0.1) is 6.61 Å². The number of alkyl halides is 3. The molecule has 6 heteroatoms. The second-order valence-corrected chi connectivity index (χ2v) is 5.97. The molecule has 1 N–H and O–H groups in total. The van der Waals surface area contributed by atoms with E-state index in [0.717, 1.165) is 25.8 Å². The molecule has 2 unspecified atom stereocenters. The summed E-state index contributed by atoms with van der Waals surface area (Å²) in [6.07, 6.45) is 1.53. The van der Waals surface area contributed by atoms with Crippen LogP contribution < -0.4 is 5.32 Å². The first-order chi connectivity index (χ1) is 9.48. The van der Waals surface area contributed by atoms with Gasteiger partial charge in [0, 0.05) is 24.7 Å². The topological polar surface area (TPSA) is 24.5 Å². The van der Waals surface area contributed by atoms with Gasteiger partial charge in [-0.2, -0.15) is 13.2 Å². The van der Waals surface area contributed by atoms with Crippen LogP contribution in [0.25, 0.3) is 0 Å². The van der Waals surface area contributed by atoms with Gasteiger partial charge in [0.25, 0.3) is 0 Å². The monoisotopic (exact) mass is 294 g/mol. The predicted octanol–water partition coefficient (Wildman–Crippen LogP) is 2.56. The first-order valence-electron chi connectivity index (χ1n) is 7.62. The largest absolute Gasteiger partial charge is 0.411 e. The molecule has 3 nitrogen and oxygen atoms in total. The van der Waals surface area contributed by atoms with E-state index in [1.165, 1.54) is 12.8 Å². The number of ether oxygens (including phenoxy) is 1. The van der Waals surface area contributed by atoms with Gasteiger partial charge in [0.1, 0.15) is 6.61 Å². The van der Waals surface area contributed by atoms with Gasteiger partial charge in [0.15, 0.2) is 0 Å². The minimum Gasteiger partial charge on any atom is -0.371 e. The molecule has 2 aliphatic heterocycles. The van der Waals surface area contributed by atoms with Crippen molar-refractivity contribution in [1.29, 1.82) is 0 Å². The molecule has 0 spiro atoms. The molecule has 2 atom stereocenters. The van der Waals surface area contributed by atoms with Gasteiger partial charge < -0.3 is 10.1 Å². The Bertz CT molecular complexity index is 287. The summed E-state index contributed by atoms with van der Waals surface area (Å²) in [4.78, 5) is 2.32. The second kappa shape index (κ2) is 7.09. The van der Waals surface area contributed by atoms with Crippen LogP contribution in [0.3, 0.4) is 0 Å². The molecular formula is C14H25F3N2O. The summed E-state index contributed by atoms with van der Waals surface area (Å²) in [5.74, 6) is 0. The molecule has 0 radical (unpaired) electrons. The Hall–Kier alpha value is -0.330. The summed E-state index contributed by atoms with van der Waals surface area (Å²) in [5.41, 5.74) is 0. The zero-order chi connectivity index (χ0) is 14.6. The van der Waals surface area contributed by atoms with E-state index in [2.05, 4.69) is 17.1 Å². The normalized spacial score (nSPS) is 30.1. The first kappa shape index (κ1) is 16.0. The Morgan fingerprint density at radius 2 is 1.80 bits per heavy atom. The van der Waals surface area contributed by atoms with Crippen LogP contribution in [-0.2, 0) is 4.74 Å². The molecule has 2 saturated heterocycles. The molecule has 0 amide bonds. The Kier molecular flexibility index (Phi) is 5.69. The van der Waals surface area contributed by atoms with Crippen molar-refractivity contribution in [2.24, 2.45) is 0 Å². The highest BCUT2D eigenvalue weighted by atomic mass is 19.4. The fourth-order valence-electron chi connectivity index (χ4n) is 3.46. The minimum atomic E-state index is -4.22. The summed E-state index contributed by atoms with van der Waals surface area (Å²) in [7, 11) is 0. The van der Waals surface area contributed by atoms with Gasteiger partial charge in [-0.15, -0.1) is 0 Å². The lowest BCUT2D eigenvalue weighted by Crippen LogP contribution is -2.49. The third kappa shape index (κ3) is 4.90. The molecule has 0 aromatic rings. The SMILES string of the molecule is CCCN(CCOCC(F)(F)F)C1CC2CCC(C1)N2. The van der Waals surface area contributed by atoms with Crippen molar-refractivity contribution < 1.29 is 17.9 Å². The molecule has 2 rings (SSSR count). The lowest BCUT2D eigenvalue weighted by Gasteiger charge is -2.37. The molecule has 118 valence electrons. The third-order valence-corrected chi connectivity index (χ3v) is 4.26. The van der Waals surface area contributed by atoms with Crippen LogP contribution in [0.5, 0.6) is 0 Å². The van der Waals surface area contributed by atoms with E-state index in [9.17, 15) is 13.2 Å². The van der Waals surface area contributed by atoms with E-state index >= 15 is 0 Å². The fourth-order valence-corrected chi connectivity index (χ4v) is 3.46. The number of hydrogen-bond donors (Lipinski definition) is 1. The second-order valence-electron chi connectivity index (χ2n) is 5.97. The summed E-state index contributed by atoms with van der Waals surface area (Å²) >= 11 is 0. The minimum absolute atomic E-state index is 0.165. The Morgan fingerprint density at radius 3 is 2.35 bits per heavy atom. The smallest absolute Gasteiger partial charge is 0.371 e. The molecule has 20 heavy (non-hydrogen) atoms. The zero-order valence-corrected chi connectivity index (χ0v) is 12.1. The van der Waals surface area contributed by atoms with Crippen molar-refractivity contribution in [2.45, 2.75) is 63.3 Å². The van der Waals surface area contributed by atoms with E-state index in [-0.39, 0.29) is 6.61 Å². The van der Waals surface area contributed by atoms with Crippen LogP contribution in [0.1, 0.15) is 39.0 Å². The van der Waals surface area contributed by atoms with Crippen LogP contribution in [0.4, 0.5) is 13.2 Å². The van der Waals surface area contributed by atoms with Crippen LogP contribution in [0, 0.1) is 0 Å². The number of nitrogens with one attached hydrogen (secondary N) is 1. The Labute approximate surface area is 118 Å². The zero-order valence-electron chi connectivity index (χ0n) is 12.1. The maximum absolute atomic E-state index is 12.0. The van der Waals surface area contributed by atoms with Gasteiger partial charge in [-0.1, -0.05) is 6.92 Å². The highest BCUT2D eigenvalue weighted by molar-refractivity contribution is 4.95. The summed E-state index contributed by atoms with van der Waals surface area (Å²) in [5, 5.41) is 3.60.